The van der Waals surface area contributed by atoms with Gasteiger partial charge in [0.05, 0.1) is 24.2 Å². The van der Waals surface area contributed by atoms with E-state index in [1.54, 1.807) is 29.2 Å². The first-order valence-electron chi connectivity index (χ1n) is 19.8. The Hall–Kier alpha value is -4.86. The van der Waals surface area contributed by atoms with Gasteiger partial charge < -0.3 is 25.3 Å². The molecule has 5 atom stereocenters. The summed E-state index contributed by atoms with van der Waals surface area (Å²) < 4.78 is 45.0. The van der Waals surface area contributed by atoms with Gasteiger partial charge in [-0.3, -0.25) is 29.0 Å². The molecule has 1 saturated heterocycles. The number of rotatable bonds is 13. The van der Waals surface area contributed by atoms with Crippen molar-refractivity contribution >= 4 is 41.0 Å². The molecule has 3 N–H and O–H groups in total. The summed E-state index contributed by atoms with van der Waals surface area (Å²) in [6, 6.07) is 2.52. The molecular weight excluding hydrogens is 779 g/mol. The molecule has 1 aliphatic heterocycles. The van der Waals surface area contributed by atoms with Crippen molar-refractivity contribution in [1.29, 1.82) is 0 Å². The van der Waals surface area contributed by atoms with Crippen LogP contribution < -0.4 is 16.0 Å². The molecule has 2 aliphatic carbocycles. The van der Waals surface area contributed by atoms with Crippen LogP contribution in [0.25, 0.3) is 0 Å². The molecule has 58 heavy (non-hydrogen) atoms. The molecule has 2 aromatic heterocycles. The zero-order chi connectivity index (χ0) is 41.8. The Balaban J connectivity index is 1.26. The van der Waals surface area contributed by atoms with Crippen LogP contribution in [-0.4, -0.2) is 73.9 Å². The molecular formula is C41H49ClF3N7O6. The molecule has 3 fully saturated rings. The molecule has 0 radical (unpaired) electrons. The maximum Gasteiger partial charge on any atom is 0.436 e. The third-order valence-corrected chi connectivity index (χ3v) is 11.8. The van der Waals surface area contributed by atoms with Gasteiger partial charge in [-0.25, -0.2) is 9.97 Å². The van der Waals surface area contributed by atoms with Gasteiger partial charge in [0.2, 0.25) is 23.5 Å². The fourth-order valence-corrected chi connectivity index (χ4v) is 8.29. The Morgan fingerprint density at radius 2 is 1.62 bits per heavy atom. The van der Waals surface area contributed by atoms with E-state index in [4.69, 9.17) is 16.0 Å². The van der Waals surface area contributed by atoms with E-state index in [1.807, 2.05) is 20.8 Å². The number of amides is 4. The van der Waals surface area contributed by atoms with Crippen LogP contribution in [-0.2, 0) is 20.6 Å². The van der Waals surface area contributed by atoms with Gasteiger partial charge in [-0.2, -0.15) is 13.2 Å². The molecule has 6 rings (SSSR count). The Kier molecular flexibility index (Phi) is 13.2. The number of nitrogens with one attached hydrogen (secondary N) is 3. The van der Waals surface area contributed by atoms with Crippen molar-refractivity contribution < 1.29 is 41.6 Å². The first-order chi connectivity index (χ1) is 27.5. The average Bonchev–Trinajstić information content (AvgIpc) is 3.86. The predicted molar refractivity (Wildman–Crippen MR) is 205 cm³/mol. The normalized spacial score (nSPS) is 20.7. The quantitative estimate of drug-likeness (QED) is 0.163. The SMILES string of the molecule is CC(C)(C)[C@H](NC(=O)[C@@H](NC(=O)c1cnccn1)C1CCCCC1)C(=O)N1CCC(C(=O)NC(CC2CCC2)C(=O)c2nc(C(F)(F)F)co2)C1c1ccc(Cl)cc1. The Morgan fingerprint density at radius 1 is 0.914 bits per heavy atom. The molecule has 4 amide bonds. The summed E-state index contributed by atoms with van der Waals surface area (Å²) in [5.41, 5.74) is -1.56. The number of carbonyl (C=O) groups excluding carboxylic acids is 5. The molecule has 3 aromatic rings. The maximum atomic E-state index is 14.9. The highest BCUT2D eigenvalue weighted by Crippen LogP contribution is 2.40. The average molecular weight is 828 g/mol. The maximum absolute atomic E-state index is 14.9. The lowest BCUT2D eigenvalue weighted by Gasteiger charge is -2.38. The van der Waals surface area contributed by atoms with E-state index in [0.29, 0.717) is 29.7 Å². The minimum absolute atomic E-state index is 0.0508. The monoisotopic (exact) mass is 827 g/mol. The number of ketones is 1. The second-order valence-electron chi connectivity index (χ2n) is 16.7. The molecule has 0 spiro atoms. The highest BCUT2D eigenvalue weighted by molar-refractivity contribution is 6.30. The number of hydrogen-bond acceptors (Lipinski definition) is 9. The molecule has 3 aliphatic rings. The summed E-state index contributed by atoms with van der Waals surface area (Å²) in [5, 5.41) is 9.06. The molecule has 312 valence electrons. The number of carbonyl (C=O) groups is 5. The van der Waals surface area contributed by atoms with Crippen molar-refractivity contribution in [3.63, 3.8) is 0 Å². The molecule has 3 heterocycles. The van der Waals surface area contributed by atoms with Crippen molar-refractivity contribution in [3.8, 4) is 0 Å². The lowest BCUT2D eigenvalue weighted by atomic mass is 9.80. The fourth-order valence-electron chi connectivity index (χ4n) is 8.17. The van der Waals surface area contributed by atoms with Crippen molar-refractivity contribution in [3.05, 3.63) is 77.0 Å². The minimum atomic E-state index is -4.83. The van der Waals surface area contributed by atoms with Crippen molar-refractivity contribution in [2.75, 3.05) is 6.54 Å². The van der Waals surface area contributed by atoms with E-state index < -0.39 is 82.7 Å². The van der Waals surface area contributed by atoms with Crippen LogP contribution in [0.1, 0.15) is 123 Å². The van der Waals surface area contributed by atoms with Crippen LogP contribution in [0.2, 0.25) is 5.02 Å². The summed E-state index contributed by atoms with van der Waals surface area (Å²) in [6.07, 6.45) is 6.75. The zero-order valence-corrected chi connectivity index (χ0v) is 33.4. The summed E-state index contributed by atoms with van der Waals surface area (Å²) in [6.45, 7) is 5.54. The van der Waals surface area contributed by atoms with Crippen molar-refractivity contribution in [2.24, 2.45) is 23.2 Å². The topological polar surface area (TPSA) is 176 Å². The number of alkyl halides is 3. The number of likely N-dealkylation sites (tertiary alicyclic amines) is 1. The molecule has 2 saturated carbocycles. The minimum Gasteiger partial charge on any atom is -0.442 e. The largest absolute Gasteiger partial charge is 0.442 e. The van der Waals surface area contributed by atoms with Crippen LogP contribution >= 0.6 is 11.6 Å². The number of hydrogen-bond donors (Lipinski definition) is 3. The lowest BCUT2D eigenvalue weighted by Crippen LogP contribution is -2.60. The van der Waals surface area contributed by atoms with Crippen molar-refractivity contribution in [2.45, 2.75) is 115 Å². The van der Waals surface area contributed by atoms with Crippen LogP contribution in [0.15, 0.2) is 53.5 Å². The molecule has 1 aromatic carbocycles. The van der Waals surface area contributed by atoms with Gasteiger partial charge in [0.25, 0.3) is 11.8 Å². The fraction of sp³-hybridized carbons (Fsp3) is 0.561. The molecule has 0 bridgehead atoms. The van der Waals surface area contributed by atoms with E-state index in [0.717, 1.165) is 38.5 Å². The standard InChI is InChI=1S/C41H49ClF3N7O6/c1-40(2,3)34(51-37(56)31(24-10-5-4-6-11-24)50-36(55)29-21-46-17-18-47-29)39(57)52-19-16-27(32(52)25-12-14-26(42)15-13-25)35(54)48-28(20-23-8-7-9-23)33(53)38-49-30(22-58-38)41(43,44)45/h12-15,17-18,21-24,27-28,31-32,34H,4-11,16,19-20H2,1-3H3,(H,48,54)(H,50,55)(H,51,56)/t27?,28?,31-,32?,34+/m0/s1. The number of halogens is 4. The predicted octanol–water partition coefficient (Wildman–Crippen LogP) is 6.49. The molecule has 17 heteroatoms. The van der Waals surface area contributed by atoms with Gasteiger partial charge in [0, 0.05) is 24.0 Å². The Labute approximate surface area is 339 Å². The van der Waals surface area contributed by atoms with Crippen molar-refractivity contribution in [1.82, 2.24) is 35.8 Å². The van der Waals surface area contributed by atoms with Gasteiger partial charge in [0.1, 0.15) is 24.0 Å². The zero-order valence-electron chi connectivity index (χ0n) is 32.7. The van der Waals surface area contributed by atoms with E-state index in [9.17, 15) is 37.1 Å². The highest BCUT2D eigenvalue weighted by atomic mass is 35.5. The van der Waals surface area contributed by atoms with E-state index in [1.165, 1.54) is 18.6 Å². The summed E-state index contributed by atoms with van der Waals surface area (Å²) in [4.78, 5) is 83.3. The van der Waals surface area contributed by atoms with E-state index in [2.05, 4.69) is 30.9 Å². The second-order valence-corrected chi connectivity index (χ2v) is 17.1. The van der Waals surface area contributed by atoms with Crippen LogP contribution in [0, 0.1) is 23.2 Å². The number of oxazole rings is 1. The van der Waals surface area contributed by atoms with E-state index in [-0.39, 0.29) is 36.9 Å². The summed E-state index contributed by atoms with van der Waals surface area (Å²) >= 11 is 6.24. The van der Waals surface area contributed by atoms with Gasteiger partial charge >= 0.3 is 6.18 Å². The van der Waals surface area contributed by atoms with Gasteiger partial charge in [-0.05, 0) is 60.6 Å². The number of nitrogens with zero attached hydrogens (tertiary/aromatic N) is 4. The van der Waals surface area contributed by atoms with Gasteiger partial charge in [-0.15, -0.1) is 0 Å². The van der Waals surface area contributed by atoms with Crippen LogP contribution in [0.3, 0.4) is 0 Å². The molecule has 13 nitrogen and oxygen atoms in total. The number of Topliss-reactive ketones (excluding diaryl/α,β-unsaturated/α-hetero) is 1. The first-order valence-corrected chi connectivity index (χ1v) is 20.2. The third-order valence-electron chi connectivity index (χ3n) is 11.5. The summed E-state index contributed by atoms with van der Waals surface area (Å²) in [5.74, 6) is -4.75. The Morgan fingerprint density at radius 3 is 2.21 bits per heavy atom. The smallest absolute Gasteiger partial charge is 0.436 e. The lowest BCUT2D eigenvalue weighted by molar-refractivity contribution is -0.142. The number of benzene rings is 1. The third kappa shape index (κ3) is 10.0. The first kappa shape index (κ1) is 42.7. The second kappa shape index (κ2) is 18.0. The number of aromatic nitrogens is 3. The molecule has 3 unspecified atom stereocenters. The van der Waals surface area contributed by atoms with E-state index >= 15 is 0 Å². The van der Waals surface area contributed by atoms with Crippen LogP contribution in [0.4, 0.5) is 13.2 Å². The highest BCUT2D eigenvalue weighted by Gasteiger charge is 2.48. The Bertz CT molecular complexity index is 1940. The summed E-state index contributed by atoms with van der Waals surface area (Å²) in [7, 11) is 0. The van der Waals surface area contributed by atoms with Crippen LogP contribution in [0.5, 0.6) is 0 Å². The van der Waals surface area contributed by atoms with Gasteiger partial charge in [0.15, 0.2) is 5.69 Å². The van der Waals surface area contributed by atoms with Gasteiger partial charge in [-0.1, -0.05) is 83.0 Å².